The highest BCUT2D eigenvalue weighted by atomic mass is 35.5. The lowest BCUT2D eigenvalue weighted by molar-refractivity contribution is 0.478. The van der Waals surface area contributed by atoms with Gasteiger partial charge in [-0.3, -0.25) is 4.68 Å². The van der Waals surface area contributed by atoms with Gasteiger partial charge in [0.25, 0.3) is 0 Å². The molecule has 0 fully saturated rings. The normalized spacial score (nSPS) is 12.7. The molecule has 0 radical (unpaired) electrons. The van der Waals surface area contributed by atoms with Gasteiger partial charge in [0.15, 0.2) is 0 Å². The van der Waals surface area contributed by atoms with Gasteiger partial charge in [0.2, 0.25) is 0 Å². The second kappa shape index (κ2) is 4.71. The molecule has 16 heavy (non-hydrogen) atoms. The molecule has 1 aromatic carbocycles. The van der Waals surface area contributed by atoms with Gasteiger partial charge in [-0.15, -0.1) is 0 Å². The molecule has 2 aromatic rings. The zero-order chi connectivity index (χ0) is 11.5. The fourth-order valence-electron chi connectivity index (χ4n) is 1.56. The summed E-state index contributed by atoms with van der Waals surface area (Å²) in [4.78, 5) is 0. The minimum atomic E-state index is 0.445. The molecule has 1 unspecified atom stereocenters. The second-order valence-electron chi connectivity index (χ2n) is 3.97. The van der Waals surface area contributed by atoms with E-state index >= 15 is 0 Å². The first-order valence-electron chi connectivity index (χ1n) is 5.51. The van der Waals surface area contributed by atoms with Gasteiger partial charge < -0.3 is 0 Å². The minimum Gasteiger partial charge on any atom is -0.269 e. The Labute approximate surface area is 101 Å². The number of aromatic nitrogens is 2. The molecule has 2 rings (SSSR count). The molecule has 3 heteroatoms. The summed E-state index contributed by atoms with van der Waals surface area (Å²) in [5, 5.41) is 5.13. The van der Waals surface area contributed by atoms with E-state index in [0.29, 0.717) is 6.04 Å². The molecule has 0 bridgehead atoms. The monoisotopic (exact) mass is 234 g/mol. The fourth-order valence-corrected chi connectivity index (χ4v) is 1.68. The van der Waals surface area contributed by atoms with Crippen molar-refractivity contribution in [3.63, 3.8) is 0 Å². The number of benzene rings is 1. The lowest BCUT2D eigenvalue weighted by Gasteiger charge is -2.07. The van der Waals surface area contributed by atoms with E-state index in [4.69, 9.17) is 11.6 Å². The van der Waals surface area contributed by atoms with Crippen LogP contribution < -0.4 is 0 Å². The van der Waals surface area contributed by atoms with Crippen molar-refractivity contribution in [2.24, 2.45) is 0 Å². The number of halogens is 1. The molecule has 2 nitrogen and oxygen atoms in total. The van der Waals surface area contributed by atoms with E-state index in [-0.39, 0.29) is 0 Å². The van der Waals surface area contributed by atoms with Gasteiger partial charge in [-0.2, -0.15) is 5.10 Å². The van der Waals surface area contributed by atoms with Crippen LogP contribution in [0.2, 0.25) is 5.02 Å². The van der Waals surface area contributed by atoms with Gasteiger partial charge >= 0.3 is 0 Å². The Morgan fingerprint density at radius 1 is 1.25 bits per heavy atom. The van der Waals surface area contributed by atoms with Crippen LogP contribution in [-0.4, -0.2) is 9.78 Å². The third-order valence-electron chi connectivity index (χ3n) is 2.82. The molecular formula is C13H15ClN2. The van der Waals surface area contributed by atoms with Crippen LogP contribution in [0.15, 0.2) is 36.7 Å². The zero-order valence-electron chi connectivity index (χ0n) is 9.52. The quantitative estimate of drug-likeness (QED) is 0.779. The molecule has 0 saturated heterocycles. The Morgan fingerprint density at radius 2 is 1.94 bits per heavy atom. The van der Waals surface area contributed by atoms with Crippen LogP contribution in [0.3, 0.4) is 0 Å². The van der Waals surface area contributed by atoms with Crippen LogP contribution in [-0.2, 0) is 0 Å². The average molecular weight is 235 g/mol. The van der Waals surface area contributed by atoms with E-state index in [1.807, 2.05) is 35.1 Å². The molecule has 0 aliphatic heterocycles. The highest BCUT2D eigenvalue weighted by Crippen LogP contribution is 2.22. The summed E-state index contributed by atoms with van der Waals surface area (Å²) in [7, 11) is 0. The molecule has 0 amide bonds. The van der Waals surface area contributed by atoms with Gasteiger partial charge in [-0.25, -0.2) is 0 Å². The van der Waals surface area contributed by atoms with Crippen molar-refractivity contribution >= 4 is 11.6 Å². The topological polar surface area (TPSA) is 17.8 Å². The van der Waals surface area contributed by atoms with Crippen molar-refractivity contribution < 1.29 is 0 Å². The van der Waals surface area contributed by atoms with Crippen LogP contribution in [0.5, 0.6) is 0 Å². The number of nitrogens with zero attached hydrogens (tertiary/aromatic N) is 2. The van der Waals surface area contributed by atoms with E-state index in [2.05, 4.69) is 25.1 Å². The highest BCUT2D eigenvalue weighted by Gasteiger charge is 2.05. The van der Waals surface area contributed by atoms with Crippen molar-refractivity contribution in [1.29, 1.82) is 0 Å². The summed E-state index contributed by atoms with van der Waals surface area (Å²) in [6, 6.07) is 8.27. The Balaban J connectivity index is 2.28. The van der Waals surface area contributed by atoms with Crippen molar-refractivity contribution in [2.45, 2.75) is 26.3 Å². The molecule has 0 spiro atoms. The minimum absolute atomic E-state index is 0.445. The first-order valence-corrected chi connectivity index (χ1v) is 5.88. The summed E-state index contributed by atoms with van der Waals surface area (Å²) in [5.74, 6) is 0. The first-order chi connectivity index (χ1) is 7.70. The Kier molecular flexibility index (Phi) is 3.30. The third-order valence-corrected chi connectivity index (χ3v) is 3.07. The van der Waals surface area contributed by atoms with Gasteiger partial charge in [0.1, 0.15) is 0 Å². The predicted molar refractivity (Wildman–Crippen MR) is 67.7 cm³/mol. The second-order valence-corrected chi connectivity index (χ2v) is 4.41. The molecule has 0 aliphatic carbocycles. The summed E-state index contributed by atoms with van der Waals surface area (Å²) in [6.07, 6.45) is 5.06. The SMILES string of the molecule is CCC(C)n1cc(-c2ccc(Cl)cc2)cn1. The third kappa shape index (κ3) is 2.27. The van der Waals surface area contributed by atoms with Gasteiger partial charge in [0, 0.05) is 22.8 Å². The average Bonchev–Trinajstić information content (AvgIpc) is 2.78. The van der Waals surface area contributed by atoms with Crippen LogP contribution in [0.4, 0.5) is 0 Å². The van der Waals surface area contributed by atoms with Crippen molar-refractivity contribution in [3.8, 4) is 11.1 Å². The lowest BCUT2D eigenvalue weighted by atomic mass is 10.1. The van der Waals surface area contributed by atoms with Gasteiger partial charge in [0.05, 0.1) is 6.20 Å². The fraction of sp³-hybridized carbons (Fsp3) is 0.308. The summed E-state index contributed by atoms with van der Waals surface area (Å²) in [6.45, 7) is 4.33. The van der Waals surface area contributed by atoms with E-state index in [1.54, 1.807) is 0 Å². The molecule has 0 aliphatic rings. The van der Waals surface area contributed by atoms with Gasteiger partial charge in [-0.1, -0.05) is 30.7 Å². The van der Waals surface area contributed by atoms with Crippen LogP contribution >= 0.6 is 11.6 Å². The number of hydrogen-bond acceptors (Lipinski definition) is 1. The lowest BCUT2D eigenvalue weighted by Crippen LogP contribution is -2.03. The van der Waals surface area contributed by atoms with Crippen LogP contribution in [0.25, 0.3) is 11.1 Å². The largest absolute Gasteiger partial charge is 0.269 e. The van der Waals surface area contributed by atoms with E-state index in [0.717, 1.165) is 22.6 Å². The smallest absolute Gasteiger partial charge is 0.0568 e. The molecular weight excluding hydrogens is 220 g/mol. The van der Waals surface area contributed by atoms with E-state index in [1.165, 1.54) is 0 Å². The molecule has 0 N–H and O–H groups in total. The standard InChI is InChI=1S/C13H15ClN2/c1-3-10(2)16-9-12(8-15-16)11-4-6-13(14)7-5-11/h4-10H,3H2,1-2H3. The Hall–Kier alpha value is -1.28. The summed E-state index contributed by atoms with van der Waals surface area (Å²) < 4.78 is 2.00. The van der Waals surface area contributed by atoms with E-state index < -0.39 is 0 Å². The zero-order valence-corrected chi connectivity index (χ0v) is 10.3. The maximum absolute atomic E-state index is 5.86. The number of hydrogen-bond donors (Lipinski definition) is 0. The molecule has 1 atom stereocenters. The van der Waals surface area contributed by atoms with Crippen molar-refractivity contribution in [3.05, 3.63) is 41.7 Å². The first kappa shape index (κ1) is 11.2. The highest BCUT2D eigenvalue weighted by molar-refractivity contribution is 6.30. The van der Waals surface area contributed by atoms with Gasteiger partial charge in [-0.05, 0) is 31.0 Å². The molecule has 1 aromatic heterocycles. The number of rotatable bonds is 3. The molecule has 1 heterocycles. The van der Waals surface area contributed by atoms with Crippen molar-refractivity contribution in [2.75, 3.05) is 0 Å². The van der Waals surface area contributed by atoms with Crippen LogP contribution in [0.1, 0.15) is 26.3 Å². The van der Waals surface area contributed by atoms with Crippen molar-refractivity contribution in [1.82, 2.24) is 9.78 Å². The maximum atomic E-state index is 5.86. The van der Waals surface area contributed by atoms with Crippen LogP contribution in [0, 0.1) is 0 Å². The maximum Gasteiger partial charge on any atom is 0.0568 e. The summed E-state index contributed by atoms with van der Waals surface area (Å²) >= 11 is 5.86. The Bertz CT molecular complexity index is 459. The predicted octanol–water partition coefficient (Wildman–Crippen LogP) is 4.17. The summed E-state index contributed by atoms with van der Waals surface area (Å²) in [5.41, 5.74) is 2.29. The van der Waals surface area contributed by atoms with E-state index in [9.17, 15) is 0 Å². The Morgan fingerprint density at radius 3 is 2.56 bits per heavy atom. The molecule has 0 saturated carbocycles. The molecule has 84 valence electrons.